The van der Waals surface area contributed by atoms with Crippen molar-refractivity contribution in [2.75, 3.05) is 7.05 Å². The highest BCUT2D eigenvalue weighted by Gasteiger charge is 2.18. The molecule has 0 aliphatic heterocycles. The van der Waals surface area contributed by atoms with Gasteiger partial charge in [0.1, 0.15) is 0 Å². The Balaban J connectivity index is 0.00000144. The number of nitrogens with one attached hydrogen (secondary N) is 2. The van der Waals surface area contributed by atoms with E-state index in [1.807, 2.05) is 7.05 Å². The summed E-state index contributed by atoms with van der Waals surface area (Å²) < 4.78 is 0. The molecule has 0 spiro atoms. The summed E-state index contributed by atoms with van der Waals surface area (Å²) in [5.74, 6) is 0.928. The van der Waals surface area contributed by atoms with Gasteiger partial charge in [-0.1, -0.05) is 0 Å². The highest BCUT2D eigenvalue weighted by Crippen LogP contribution is 2.18. The molecule has 0 saturated heterocycles. The van der Waals surface area contributed by atoms with Gasteiger partial charge < -0.3 is 10.6 Å². The third-order valence-corrected chi connectivity index (χ3v) is 4.08. The van der Waals surface area contributed by atoms with Crippen LogP contribution in [-0.4, -0.2) is 19.0 Å². The first kappa shape index (κ1) is 14.8. The van der Waals surface area contributed by atoms with Crippen molar-refractivity contribution in [1.82, 2.24) is 10.6 Å². The van der Waals surface area contributed by atoms with Crippen molar-refractivity contribution in [3.05, 3.63) is 21.9 Å². The Hall–Kier alpha value is -0.300. The maximum atomic E-state index is 4.24. The Kier molecular flexibility index (Phi) is 6.26. The maximum absolute atomic E-state index is 4.24. The van der Waals surface area contributed by atoms with E-state index in [1.165, 1.54) is 29.7 Å². The molecule has 0 atom stereocenters. The average molecular weight is 365 g/mol. The lowest BCUT2D eigenvalue weighted by Gasteiger charge is -2.28. The van der Waals surface area contributed by atoms with Gasteiger partial charge >= 0.3 is 0 Å². The van der Waals surface area contributed by atoms with Crippen molar-refractivity contribution in [2.45, 2.75) is 38.8 Å². The van der Waals surface area contributed by atoms with Gasteiger partial charge in [-0.15, -0.1) is 35.3 Å². The molecule has 0 bridgehead atoms. The van der Waals surface area contributed by atoms with Crippen LogP contribution in [0.3, 0.4) is 0 Å². The quantitative estimate of drug-likeness (QED) is 0.491. The second kappa shape index (κ2) is 7.20. The fourth-order valence-corrected chi connectivity index (χ4v) is 2.54. The molecule has 17 heavy (non-hydrogen) atoms. The predicted molar refractivity (Wildman–Crippen MR) is 85.4 cm³/mol. The molecule has 1 heterocycles. The second-order valence-electron chi connectivity index (χ2n) is 4.22. The van der Waals surface area contributed by atoms with Crippen LogP contribution in [0.2, 0.25) is 0 Å². The third-order valence-electron chi connectivity index (χ3n) is 3.05. The van der Waals surface area contributed by atoms with Gasteiger partial charge in [0.2, 0.25) is 0 Å². The SMILES string of the molecule is CN=C(NCc1sccc1C)NC1CCC1.I. The van der Waals surface area contributed by atoms with Gasteiger partial charge in [0.05, 0.1) is 6.54 Å². The minimum absolute atomic E-state index is 0. The summed E-state index contributed by atoms with van der Waals surface area (Å²) in [6, 6.07) is 2.79. The first-order valence-electron chi connectivity index (χ1n) is 5.79. The number of guanidine groups is 1. The van der Waals surface area contributed by atoms with Gasteiger partial charge in [0, 0.05) is 18.0 Å². The Morgan fingerprint density at radius 1 is 1.53 bits per heavy atom. The summed E-state index contributed by atoms with van der Waals surface area (Å²) in [5, 5.41) is 8.92. The van der Waals surface area contributed by atoms with Crippen molar-refractivity contribution < 1.29 is 0 Å². The molecule has 0 unspecified atom stereocenters. The molecule has 2 rings (SSSR count). The summed E-state index contributed by atoms with van der Waals surface area (Å²) in [4.78, 5) is 5.62. The summed E-state index contributed by atoms with van der Waals surface area (Å²) in [5.41, 5.74) is 1.36. The normalized spacial score (nSPS) is 16.0. The molecule has 1 aliphatic carbocycles. The highest BCUT2D eigenvalue weighted by atomic mass is 127. The fourth-order valence-electron chi connectivity index (χ4n) is 1.69. The largest absolute Gasteiger partial charge is 0.354 e. The molecule has 0 radical (unpaired) electrons. The monoisotopic (exact) mass is 365 g/mol. The molecule has 1 fully saturated rings. The zero-order chi connectivity index (χ0) is 11.4. The number of aliphatic imine (C=N–C) groups is 1. The smallest absolute Gasteiger partial charge is 0.191 e. The predicted octanol–water partition coefficient (Wildman–Crippen LogP) is 2.89. The van der Waals surface area contributed by atoms with Crippen LogP contribution in [0.1, 0.15) is 29.7 Å². The number of thiophene rings is 1. The highest BCUT2D eigenvalue weighted by molar-refractivity contribution is 14.0. The van der Waals surface area contributed by atoms with E-state index in [9.17, 15) is 0 Å². The lowest BCUT2D eigenvalue weighted by atomic mass is 9.93. The van der Waals surface area contributed by atoms with Crippen LogP contribution in [0, 0.1) is 6.92 Å². The van der Waals surface area contributed by atoms with E-state index < -0.39 is 0 Å². The number of aryl methyl sites for hydroxylation is 1. The zero-order valence-corrected chi connectivity index (χ0v) is 13.5. The van der Waals surface area contributed by atoms with Crippen LogP contribution in [0.4, 0.5) is 0 Å². The van der Waals surface area contributed by atoms with Gasteiger partial charge in [-0.3, -0.25) is 4.99 Å². The minimum atomic E-state index is 0. The first-order chi connectivity index (χ1) is 7.79. The van der Waals surface area contributed by atoms with Gasteiger partial charge in [-0.05, 0) is 43.2 Å². The fraction of sp³-hybridized carbons (Fsp3) is 0.583. The molecule has 2 N–H and O–H groups in total. The molecule has 1 aromatic rings. The number of hydrogen-bond acceptors (Lipinski definition) is 2. The lowest BCUT2D eigenvalue weighted by molar-refractivity contribution is 0.380. The van der Waals surface area contributed by atoms with Gasteiger partial charge in [0.15, 0.2) is 5.96 Å². The summed E-state index contributed by atoms with van der Waals surface area (Å²) in [6.07, 6.45) is 3.90. The van der Waals surface area contributed by atoms with E-state index in [2.05, 4.69) is 34.0 Å². The number of rotatable bonds is 3. The van der Waals surface area contributed by atoms with Crippen LogP contribution in [0.25, 0.3) is 0 Å². The standard InChI is InChI=1S/C12H19N3S.HI/c1-9-6-7-16-11(9)8-14-12(13-2)15-10-4-3-5-10;/h6-7,10H,3-5,8H2,1-2H3,(H2,13,14,15);1H. The Morgan fingerprint density at radius 3 is 2.76 bits per heavy atom. The van der Waals surface area contributed by atoms with Crippen LogP contribution in [0.15, 0.2) is 16.4 Å². The van der Waals surface area contributed by atoms with E-state index in [4.69, 9.17) is 0 Å². The molecule has 1 saturated carbocycles. The molecular weight excluding hydrogens is 345 g/mol. The van der Waals surface area contributed by atoms with E-state index in [0.29, 0.717) is 6.04 Å². The summed E-state index contributed by atoms with van der Waals surface area (Å²) >= 11 is 1.80. The Morgan fingerprint density at radius 2 is 2.29 bits per heavy atom. The topological polar surface area (TPSA) is 36.4 Å². The molecule has 1 aromatic heterocycles. The van der Waals surface area contributed by atoms with E-state index in [-0.39, 0.29) is 24.0 Å². The van der Waals surface area contributed by atoms with Gasteiger partial charge in [0.25, 0.3) is 0 Å². The Labute approximate surface area is 124 Å². The van der Waals surface area contributed by atoms with Gasteiger partial charge in [-0.2, -0.15) is 0 Å². The summed E-state index contributed by atoms with van der Waals surface area (Å²) in [6.45, 7) is 3.02. The molecule has 0 aromatic carbocycles. The molecule has 96 valence electrons. The van der Waals surface area contributed by atoms with Crippen molar-refractivity contribution in [1.29, 1.82) is 0 Å². The summed E-state index contributed by atoms with van der Waals surface area (Å²) in [7, 11) is 1.83. The van der Waals surface area contributed by atoms with Crippen LogP contribution >= 0.6 is 35.3 Å². The molecule has 0 amide bonds. The minimum Gasteiger partial charge on any atom is -0.354 e. The van der Waals surface area contributed by atoms with E-state index >= 15 is 0 Å². The van der Waals surface area contributed by atoms with Crippen molar-refractivity contribution in [3.8, 4) is 0 Å². The number of halogens is 1. The molecular formula is C12H20IN3S. The zero-order valence-electron chi connectivity index (χ0n) is 10.3. The van der Waals surface area contributed by atoms with E-state index in [1.54, 1.807) is 11.3 Å². The molecule has 1 aliphatic rings. The molecule has 3 nitrogen and oxygen atoms in total. The lowest BCUT2D eigenvalue weighted by Crippen LogP contribution is -2.45. The molecule has 5 heteroatoms. The van der Waals surface area contributed by atoms with Crippen LogP contribution < -0.4 is 10.6 Å². The van der Waals surface area contributed by atoms with Crippen LogP contribution in [0.5, 0.6) is 0 Å². The third kappa shape index (κ3) is 4.13. The Bertz CT molecular complexity index is 372. The first-order valence-corrected chi connectivity index (χ1v) is 6.67. The van der Waals surface area contributed by atoms with E-state index in [0.717, 1.165) is 12.5 Å². The number of nitrogens with zero attached hydrogens (tertiary/aromatic N) is 1. The van der Waals surface area contributed by atoms with Crippen molar-refractivity contribution >= 4 is 41.3 Å². The van der Waals surface area contributed by atoms with Crippen molar-refractivity contribution in [3.63, 3.8) is 0 Å². The average Bonchev–Trinajstić information content (AvgIpc) is 2.62. The van der Waals surface area contributed by atoms with Gasteiger partial charge in [-0.25, -0.2) is 0 Å². The number of hydrogen-bond donors (Lipinski definition) is 2. The van der Waals surface area contributed by atoms with Crippen LogP contribution in [-0.2, 0) is 6.54 Å². The van der Waals surface area contributed by atoms with Crippen molar-refractivity contribution in [2.24, 2.45) is 4.99 Å². The second-order valence-corrected chi connectivity index (χ2v) is 5.23. The maximum Gasteiger partial charge on any atom is 0.191 e.